The average molecular weight is 222 g/mol. The van der Waals surface area contributed by atoms with Gasteiger partial charge in [-0.15, -0.1) is 0 Å². The second-order valence-electron chi connectivity index (χ2n) is 4.14. The molecule has 17 heavy (non-hydrogen) atoms. The van der Waals surface area contributed by atoms with Crippen molar-refractivity contribution >= 4 is 10.9 Å². The predicted octanol–water partition coefficient (Wildman–Crippen LogP) is 2.92. The van der Waals surface area contributed by atoms with Gasteiger partial charge in [0.2, 0.25) is 0 Å². The van der Waals surface area contributed by atoms with Gasteiger partial charge in [-0.3, -0.25) is 4.57 Å². The van der Waals surface area contributed by atoms with Gasteiger partial charge in [0.05, 0.1) is 11.2 Å². The van der Waals surface area contributed by atoms with Gasteiger partial charge in [0.15, 0.2) is 11.6 Å². The van der Waals surface area contributed by atoms with E-state index in [0.29, 0.717) is 6.61 Å². The van der Waals surface area contributed by atoms with E-state index in [-0.39, 0.29) is 0 Å². The number of nitrogens with zero attached hydrogens (tertiary/aromatic N) is 2. The van der Waals surface area contributed by atoms with Gasteiger partial charge in [-0.1, -0.05) is 18.2 Å². The van der Waals surface area contributed by atoms with Gasteiger partial charge in [-0.05, 0) is 24.3 Å². The molecule has 0 atom stereocenters. The zero-order valence-electron chi connectivity index (χ0n) is 9.13. The number of aromatic nitrogens is 2. The third kappa shape index (κ3) is 1.13. The van der Waals surface area contributed by atoms with E-state index in [2.05, 4.69) is 33.8 Å². The maximum Gasteiger partial charge on any atom is 0.180 e. The van der Waals surface area contributed by atoms with Gasteiger partial charge in [0.25, 0.3) is 0 Å². The van der Waals surface area contributed by atoms with E-state index < -0.39 is 0 Å². The molecule has 0 amide bonds. The molecule has 2 aromatic heterocycles. The monoisotopic (exact) mass is 222 g/mol. The van der Waals surface area contributed by atoms with E-state index in [1.807, 2.05) is 18.2 Å². The second-order valence-corrected chi connectivity index (χ2v) is 4.14. The molecule has 0 N–H and O–H groups in total. The summed E-state index contributed by atoms with van der Waals surface area (Å²) in [6.07, 6.45) is 1.80. The lowest BCUT2D eigenvalue weighted by atomic mass is 10.2. The van der Waals surface area contributed by atoms with E-state index >= 15 is 0 Å². The van der Waals surface area contributed by atoms with E-state index in [1.165, 1.54) is 10.9 Å². The van der Waals surface area contributed by atoms with Gasteiger partial charge < -0.3 is 4.74 Å². The van der Waals surface area contributed by atoms with Crippen molar-refractivity contribution < 1.29 is 4.74 Å². The van der Waals surface area contributed by atoms with Gasteiger partial charge in [-0.2, -0.15) is 0 Å². The summed E-state index contributed by atoms with van der Waals surface area (Å²) in [6, 6.07) is 14.3. The van der Waals surface area contributed by atoms with Crippen LogP contribution in [0.15, 0.2) is 48.7 Å². The fourth-order valence-corrected chi connectivity index (χ4v) is 2.38. The van der Waals surface area contributed by atoms with E-state index in [0.717, 1.165) is 17.3 Å². The van der Waals surface area contributed by atoms with Gasteiger partial charge >= 0.3 is 0 Å². The van der Waals surface area contributed by atoms with Crippen molar-refractivity contribution in [3.8, 4) is 11.6 Å². The Labute approximate surface area is 98.3 Å². The third-order valence-electron chi connectivity index (χ3n) is 3.13. The molecule has 0 aliphatic carbocycles. The van der Waals surface area contributed by atoms with E-state index in [9.17, 15) is 0 Å². The Morgan fingerprint density at radius 1 is 1.12 bits per heavy atom. The molecule has 3 nitrogen and oxygen atoms in total. The summed E-state index contributed by atoms with van der Waals surface area (Å²) in [5, 5.41) is 1.23. The second kappa shape index (κ2) is 3.10. The first-order valence-electron chi connectivity index (χ1n) is 5.61. The zero-order valence-corrected chi connectivity index (χ0v) is 9.13. The summed E-state index contributed by atoms with van der Waals surface area (Å²) < 4.78 is 7.87. The normalized spacial score (nSPS) is 12.9. The highest BCUT2D eigenvalue weighted by Crippen LogP contribution is 2.32. The smallest absolute Gasteiger partial charge is 0.180 e. The van der Waals surface area contributed by atoms with Crippen molar-refractivity contribution in [1.82, 2.24) is 9.55 Å². The van der Waals surface area contributed by atoms with Crippen LogP contribution in [0.1, 0.15) is 5.69 Å². The van der Waals surface area contributed by atoms with Crippen molar-refractivity contribution in [1.29, 1.82) is 0 Å². The maximum absolute atomic E-state index is 5.70. The minimum absolute atomic E-state index is 0.605. The van der Waals surface area contributed by atoms with E-state index in [1.54, 1.807) is 6.20 Å². The lowest BCUT2D eigenvalue weighted by Gasteiger charge is -2.19. The standard InChI is InChI=1S/C14H10N2O/c1-2-5-12-10(4-1)8-11-9-17-13-6-3-7-15-14(13)16(11)12/h1-8H,9H2. The largest absolute Gasteiger partial charge is 0.483 e. The van der Waals surface area contributed by atoms with Gasteiger partial charge in [0, 0.05) is 11.6 Å². The Balaban J connectivity index is 2.14. The molecule has 0 bridgehead atoms. The Morgan fingerprint density at radius 2 is 2.06 bits per heavy atom. The highest BCUT2D eigenvalue weighted by molar-refractivity contribution is 5.83. The molecule has 3 aromatic rings. The molecule has 3 heteroatoms. The lowest BCUT2D eigenvalue weighted by molar-refractivity contribution is 0.284. The first-order chi connectivity index (χ1) is 8.43. The molecule has 1 aliphatic heterocycles. The van der Waals surface area contributed by atoms with Crippen LogP contribution < -0.4 is 4.74 Å². The summed E-state index contributed by atoms with van der Waals surface area (Å²) >= 11 is 0. The lowest BCUT2D eigenvalue weighted by Crippen LogP contribution is -2.13. The number of rotatable bonds is 0. The van der Waals surface area contributed by atoms with E-state index in [4.69, 9.17) is 4.74 Å². The van der Waals surface area contributed by atoms with Crippen molar-refractivity contribution in [2.24, 2.45) is 0 Å². The molecule has 82 valence electrons. The average Bonchev–Trinajstić information content (AvgIpc) is 2.77. The van der Waals surface area contributed by atoms with Crippen LogP contribution in [0, 0.1) is 0 Å². The van der Waals surface area contributed by atoms with Crippen LogP contribution in [-0.4, -0.2) is 9.55 Å². The Hall–Kier alpha value is -2.29. The SMILES string of the molecule is c1cnc2c(c1)OCc1cc3ccccc3n1-2. The number of ether oxygens (including phenoxy) is 1. The first kappa shape index (κ1) is 8.82. The number of hydrogen-bond acceptors (Lipinski definition) is 2. The number of hydrogen-bond donors (Lipinski definition) is 0. The quantitative estimate of drug-likeness (QED) is 0.584. The molecule has 1 aromatic carbocycles. The molecule has 3 heterocycles. The Bertz CT molecular complexity index is 715. The summed E-state index contributed by atoms with van der Waals surface area (Å²) in [4.78, 5) is 4.42. The molecule has 0 saturated heterocycles. The number of pyridine rings is 1. The maximum atomic E-state index is 5.70. The fraction of sp³-hybridized carbons (Fsp3) is 0.0714. The molecule has 0 spiro atoms. The molecular weight excluding hydrogens is 212 g/mol. The van der Waals surface area contributed by atoms with Crippen LogP contribution in [0.5, 0.6) is 5.75 Å². The van der Waals surface area contributed by atoms with Gasteiger partial charge in [0.1, 0.15) is 6.61 Å². The minimum atomic E-state index is 0.605. The van der Waals surface area contributed by atoms with Crippen LogP contribution in [-0.2, 0) is 6.61 Å². The number of benzene rings is 1. The molecule has 0 unspecified atom stereocenters. The van der Waals surface area contributed by atoms with Crippen LogP contribution >= 0.6 is 0 Å². The van der Waals surface area contributed by atoms with Crippen LogP contribution in [0.3, 0.4) is 0 Å². The predicted molar refractivity (Wildman–Crippen MR) is 65.4 cm³/mol. The molecule has 4 rings (SSSR count). The van der Waals surface area contributed by atoms with Crippen molar-refractivity contribution in [3.63, 3.8) is 0 Å². The van der Waals surface area contributed by atoms with Gasteiger partial charge in [-0.25, -0.2) is 4.98 Å². The fourth-order valence-electron chi connectivity index (χ4n) is 2.38. The summed E-state index contributed by atoms with van der Waals surface area (Å²) in [5.74, 6) is 1.73. The molecule has 0 radical (unpaired) electrons. The molecule has 0 fully saturated rings. The third-order valence-corrected chi connectivity index (χ3v) is 3.13. The van der Waals surface area contributed by atoms with Crippen LogP contribution in [0.4, 0.5) is 0 Å². The Kier molecular flexibility index (Phi) is 1.61. The number of para-hydroxylation sites is 1. The summed E-state index contributed by atoms with van der Waals surface area (Å²) in [6.45, 7) is 0.605. The van der Waals surface area contributed by atoms with Crippen molar-refractivity contribution in [2.75, 3.05) is 0 Å². The highest BCUT2D eigenvalue weighted by atomic mass is 16.5. The van der Waals surface area contributed by atoms with Crippen LogP contribution in [0.2, 0.25) is 0 Å². The zero-order chi connectivity index (χ0) is 11.2. The highest BCUT2D eigenvalue weighted by Gasteiger charge is 2.19. The van der Waals surface area contributed by atoms with Crippen LogP contribution in [0.25, 0.3) is 16.7 Å². The van der Waals surface area contributed by atoms with Crippen molar-refractivity contribution in [2.45, 2.75) is 6.61 Å². The topological polar surface area (TPSA) is 27.1 Å². The Morgan fingerprint density at radius 3 is 3.06 bits per heavy atom. The summed E-state index contributed by atoms with van der Waals surface area (Å²) in [5.41, 5.74) is 2.34. The molecular formula is C14H10N2O. The van der Waals surface area contributed by atoms with Crippen molar-refractivity contribution in [3.05, 3.63) is 54.4 Å². The molecule has 0 saturated carbocycles. The summed E-state index contributed by atoms with van der Waals surface area (Å²) in [7, 11) is 0. The molecule has 1 aliphatic rings. The minimum Gasteiger partial charge on any atom is -0.483 e. The first-order valence-corrected chi connectivity index (χ1v) is 5.61. The number of fused-ring (bicyclic) bond motifs is 5.